The summed E-state index contributed by atoms with van der Waals surface area (Å²) in [4.78, 5) is 31.9. The molecule has 0 atom stereocenters. The van der Waals surface area contributed by atoms with Crippen molar-refractivity contribution in [2.75, 3.05) is 36.4 Å². The standard InChI is InChI=1S/C19H19N5O2/c1-14(25)23-8-10-24(11-9-23)17-6-7-18(21-13-17)19(26)22-16-4-2-15(12-20)3-5-16/h2-7,13H,8-11H2,1H3,(H,22,26). The van der Waals surface area contributed by atoms with Crippen molar-refractivity contribution in [1.82, 2.24) is 9.88 Å². The van der Waals surface area contributed by atoms with E-state index in [1.54, 1.807) is 43.5 Å². The van der Waals surface area contributed by atoms with Crippen molar-refractivity contribution in [2.24, 2.45) is 0 Å². The number of nitrogens with zero attached hydrogens (tertiary/aromatic N) is 4. The highest BCUT2D eigenvalue weighted by Crippen LogP contribution is 2.17. The number of carbonyl (C=O) groups excluding carboxylic acids is 2. The van der Waals surface area contributed by atoms with E-state index < -0.39 is 0 Å². The second-order valence-electron chi connectivity index (χ2n) is 6.04. The fourth-order valence-corrected chi connectivity index (χ4v) is 2.81. The Bertz CT molecular complexity index is 832. The summed E-state index contributed by atoms with van der Waals surface area (Å²) in [5.41, 5.74) is 2.40. The largest absolute Gasteiger partial charge is 0.367 e. The fourth-order valence-electron chi connectivity index (χ4n) is 2.81. The van der Waals surface area contributed by atoms with Gasteiger partial charge in [0.1, 0.15) is 5.69 Å². The van der Waals surface area contributed by atoms with Gasteiger partial charge in [0, 0.05) is 38.8 Å². The van der Waals surface area contributed by atoms with Crippen molar-refractivity contribution < 1.29 is 9.59 Å². The Morgan fingerprint density at radius 3 is 2.31 bits per heavy atom. The Morgan fingerprint density at radius 2 is 1.77 bits per heavy atom. The molecule has 0 bridgehead atoms. The third-order valence-corrected chi connectivity index (χ3v) is 4.34. The van der Waals surface area contributed by atoms with E-state index in [4.69, 9.17) is 5.26 Å². The summed E-state index contributed by atoms with van der Waals surface area (Å²) in [5, 5.41) is 11.6. The quantitative estimate of drug-likeness (QED) is 0.914. The monoisotopic (exact) mass is 349 g/mol. The summed E-state index contributed by atoms with van der Waals surface area (Å²) >= 11 is 0. The van der Waals surface area contributed by atoms with Crippen LogP contribution in [0.3, 0.4) is 0 Å². The van der Waals surface area contributed by atoms with Crippen LogP contribution >= 0.6 is 0 Å². The van der Waals surface area contributed by atoms with Crippen molar-refractivity contribution in [1.29, 1.82) is 5.26 Å². The maximum absolute atomic E-state index is 12.3. The number of amides is 2. The molecule has 2 heterocycles. The van der Waals surface area contributed by atoms with Gasteiger partial charge < -0.3 is 15.1 Å². The summed E-state index contributed by atoms with van der Waals surface area (Å²) in [7, 11) is 0. The molecule has 1 fully saturated rings. The van der Waals surface area contributed by atoms with Crippen LogP contribution in [0.4, 0.5) is 11.4 Å². The first-order chi connectivity index (χ1) is 12.6. The van der Waals surface area contributed by atoms with Crippen molar-refractivity contribution >= 4 is 23.2 Å². The third-order valence-electron chi connectivity index (χ3n) is 4.34. The summed E-state index contributed by atoms with van der Waals surface area (Å²) in [6, 6.07) is 12.2. The molecule has 1 aliphatic rings. The van der Waals surface area contributed by atoms with Gasteiger partial charge in [0.2, 0.25) is 5.91 Å². The van der Waals surface area contributed by atoms with Crippen molar-refractivity contribution in [3.63, 3.8) is 0 Å². The highest BCUT2D eigenvalue weighted by atomic mass is 16.2. The maximum atomic E-state index is 12.3. The number of benzene rings is 1. The average molecular weight is 349 g/mol. The average Bonchev–Trinajstić information content (AvgIpc) is 2.69. The molecule has 1 aliphatic heterocycles. The van der Waals surface area contributed by atoms with Crippen LogP contribution in [0, 0.1) is 11.3 Å². The van der Waals surface area contributed by atoms with Crippen LogP contribution in [-0.4, -0.2) is 47.9 Å². The predicted molar refractivity (Wildman–Crippen MR) is 97.8 cm³/mol. The minimum Gasteiger partial charge on any atom is -0.367 e. The van der Waals surface area contributed by atoms with Gasteiger partial charge >= 0.3 is 0 Å². The lowest BCUT2D eigenvalue weighted by molar-refractivity contribution is -0.129. The minimum absolute atomic E-state index is 0.0950. The Labute approximate surface area is 151 Å². The molecule has 1 aromatic carbocycles. The summed E-state index contributed by atoms with van der Waals surface area (Å²) < 4.78 is 0. The number of nitriles is 1. The second-order valence-corrected chi connectivity index (χ2v) is 6.04. The Morgan fingerprint density at radius 1 is 1.08 bits per heavy atom. The van der Waals surface area contributed by atoms with Crippen molar-refractivity contribution in [3.8, 4) is 6.07 Å². The molecule has 0 radical (unpaired) electrons. The van der Waals surface area contributed by atoms with Crippen LogP contribution in [0.5, 0.6) is 0 Å². The van der Waals surface area contributed by atoms with E-state index in [1.165, 1.54) is 0 Å². The lowest BCUT2D eigenvalue weighted by Gasteiger charge is -2.35. The van der Waals surface area contributed by atoms with Gasteiger partial charge in [-0.05, 0) is 36.4 Å². The number of anilines is 2. The van der Waals surface area contributed by atoms with Crippen molar-refractivity contribution in [2.45, 2.75) is 6.92 Å². The number of aromatic nitrogens is 1. The smallest absolute Gasteiger partial charge is 0.274 e. The highest BCUT2D eigenvalue weighted by molar-refractivity contribution is 6.02. The molecule has 1 aromatic heterocycles. The Hall–Kier alpha value is -3.40. The first-order valence-electron chi connectivity index (χ1n) is 8.35. The van der Waals surface area contributed by atoms with Crippen LogP contribution in [0.1, 0.15) is 23.0 Å². The summed E-state index contributed by atoms with van der Waals surface area (Å²) in [6.07, 6.45) is 1.68. The number of nitrogens with one attached hydrogen (secondary N) is 1. The van der Waals surface area contributed by atoms with Gasteiger partial charge in [0.15, 0.2) is 0 Å². The molecule has 1 saturated heterocycles. The number of pyridine rings is 1. The second kappa shape index (κ2) is 7.66. The van der Waals surface area contributed by atoms with Gasteiger partial charge in [0.25, 0.3) is 5.91 Å². The van der Waals surface area contributed by atoms with Gasteiger partial charge in [-0.25, -0.2) is 4.98 Å². The maximum Gasteiger partial charge on any atom is 0.274 e. The van der Waals surface area contributed by atoms with Crippen LogP contribution in [0.15, 0.2) is 42.6 Å². The number of carbonyl (C=O) groups is 2. The molecule has 1 N–H and O–H groups in total. The number of rotatable bonds is 3. The van der Waals surface area contributed by atoms with E-state index in [9.17, 15) is 9.59 Å². The van der Waals surface area contributed by atoms with Gasteiger partial charge in [0.05, 0.1) is 23.5 Å². The lowest BCUT2D eigenvalue weighted by atomic mass is 10.2. The topological polar surface area (TPSA) is 89.3 Å². The minimum atomic E-state index is -0.303. The zero-order valence-corrected chi connectivity index (χ0v) is 14.5. The van der Waals surface area contributed by atoms with Gasteiger partial charge in [-0.15, -0.1) is 0 Å². The van der Waals surface area contributed by atoms with Gasteiger partial charge in [-0.3, -0.25) is 9.59 Å². The van der Waals surface area contributed by atoms with Crippen LogP contribution in [-0.2, 0) is 4.79 Å². The van der Waals surface area contributed by atoms with E-state index in [0.29, 0.717) is 30.0 Å². The van der Waals surface area contributed by atoms with Crippen LogP contribution < -0.4 is 10.2 Å². The molecule has 0 unspecified atom stereocenters. The van der Waals surface area contributed by atoms with E-state index in [1.807, 2.05) is 17.0 Å². The van der Waals surface area contributed by atoms with Crippen LogP contribution in [0.25, 0.3) is 0 Å². The number of hydrogen-bond donors (Lipinski definition) is 1. The molecule has 132 valence electrons. The SMILES string of the molecule is CC(=O)N1CCN(c2ccc(C(=O)Nc3ccc(C#N)cc3)nc2)CC1. The first-order valence-corrected chi connectivity index (χ1v) is 8.35. The van der Waals surface area contributed by atoms with E-state index in [0.717, 1.165) is 18.8 Å². The zero-order chi connectivity index (χ0) is 18.5. The number of hydrogen-bond acceptors (Lipinski definition) is 5. The molecule has 2 aromatic rings. The molecule has 3 rings (SSSR count). The molecule has 0 spiro atoms. The van der Waals surface area contributed by atoms with E-state index >= 15 is 0 Å². The van der Waals surface area contributed by atoms with Crippen LogP contribution in [0.2, 0.25) is 0 Å². The molecule has 2 amide bonds. The summed E-state index contributed by atoms with van der Waals surface area (Å²) in [5.74, 6) is -0.208. The normalized spacial score (nSPS) is 13.8. The predicted octanol–water partition coefficient (Wildman–Crippen LogP) is 1.87. The Kier molecular flexibility index (Phi) is 5.13. The number of piperazine rings is 1. The Balaban J connectivity index is 1.61. The highest BCUT2D eigenvalue weighted by Gasteiger charge is 2.19. The zero-order valence-electron chi connectivity index (χ0n) is 14.5. The molecule has 0 aliphatic carbocycles. The van der Waals surface area contributed by atoms with E-state index in [-0.39, 0.29) is 11.8 Å². The lowest BCUT2D eigenvalue weighted by Crippen LogP contribution is -2.48. The van der Waals surface area contributed by atoms with Crippen molar-refractivity contribution in [3.05, 3.63) is 53.9 Å². The summed E-state index contributed by atoms with van der Waals surface area (Å²) in [6.45, 7) is 4.46. The molecular weight excluding hydrogens is 330 g/mol. The van der Waals surface area contributed by atoms with Gasteiger partial charge in [-0.2, -0.15) is 5.26 Å². The molecule has 7 heteroatoms. The molecule has 26 heavy (non-hydrogen) atoms. The first kappa shape index (κ1) is 17.4. The van der Waals surface area contributed by atoms with E-state index in [2.05, 4.69) is 15.2 Å². The molecular formula is C19H19N5O2. The van der Waals surface area contributed by atoms with Gasteiger partial charge in [-0.1, -0.05) is 0 Å². The third kappa shape index (κ3) is 3.98. The molecule has 7 nitrogen and oxygen atoms in total. The molecule has 0 saturated carbocycles. The fraction of sp³-hybridized carbons (Fsp3) is 0.263.